The zero-order valence-corrected chi connectivity index (χ0v) is 13.3. The molecule has 2 aliphatic rings. The molecule has 4 heteroatoms. The van der Waals surface area contributed by atoms with E-state index in [1.54, 1.807) is 14.2 Å². The number of nitrogens with two attached hydrogens (primary N) is 1. The van der Waals surface area contributed by atoms with Crippen molar-refractivity contribution in [3.8, 4) is 11.5 Å². The maximum Gasteiger partial charge on any atom is 0.161 e. The van der Waals surface area contributed by atoms with Gasteiger partial charge in [-0.3, -0.25) is 0 Å². The number of nitrogens with zero attached hydrogens (tertiary/aromatic N) is 1. The molecule has 4 nitrogen and oxygen atoms in total. The maximum absolute atomic E-state index is 6.22. The van der Waals surface area contributed by atoms with Gasteiger partial charge in [0, 0.05) is 17.5 Å². The fourth-order valence-electron chi connectivity index (χ4n) is 4.29. The molecular formula is C17H26N2O2. The lowest BCUT2D eigenvalue weighted by atomic mass is 9.65. The third-order valence-corrected chi connectivity index (χ3v) is 5.53. The molecule has 0 spiro atoms. The van der Waals surface area contributed by atoms with Crippen LogP contribution in [0.3, 0.4) is 0 Å². The van der Waals surface area contributed by atoms with Gasteiger partial charge in [0.1, 0.15) is 0 Å². The highest BCUT2D eigenvalue weighted by atomic mass is 16.5. The van der Waals surface area contributed by atoms with Crippen molar-refractivity contribution in [1.82, 2.24) is 4.90 Å². The third kappa shape index (κ3) is 2.30. The number of likely N-dealkylation sites (N-methyl/N-ethyl adjacent to an activating group) is 1. The molecule has 0 radical (unpaired) electrons. The molecule has 1 saturated heterocycles. The molecule has 2 N–H and O–H groups in total. The highest BCUT2D eigenvalue weighted by Crippen LogP contribution is 2.49. The molecule has 0 bridgehead atoms. The number of methoxy groups -OCH3 is 2. The Morgan fingerprint density at radius 2 is 1.95 bits per heavy atom. The van der Waals surface area contributed by atoms with E-state index in [4.69, 9.17) is 15.2 Å². The van der Waals surface area contributed by atoms with Crippen LogP contribution in [0.1, 0.15) is 31.2 Å². The van der Waals surface area contributed by atoms with E-state index in [-0.39, 0.29) is 5.41 Å². The number of fused-ring (bicyclic) bond motifs is 1. The maximum atomic E-state index is 6.22. The predicted molar refractivity (Wildman–Crippen MR) is 84.1 cm³/mol. The average Bonchev–Trinajstić information content (AvgIpc) is 2.85. The first kappa shape index (κ1) is 14.7. The molecule has 2 fully saturated rings. The Balaban J connectivity index is 2.01. The van der Waals surface area contributed by atoms with Crippen molar-refractivity contribution in [2.24, 2.45) is 5.73 Å². The minimum Gasteiger partial charge on any atom is -0.493 e. The van der Waals surface area contributed by atoms with E-state index in [0.717, 1.165) is 30.9 Å². The molecule has 1 aliphatic heterocycles. The Labute approximate surface area is 127 Å². The van der Waals surface area contributed by atoms with Gasteiger partial charge in [0.15, 0.2) is 11.5 Å². The molecule has 1 aliphatic carbocycles. The molecule has 21 heavy (non-hydrogen) atoms. The van der Waals surface area contributed by atoms with Gasteiger partial charge >= 0.3 is 0 Å². The van der Waals surface area contributed by atoms with Gasteiger partial charge in [-0.25, -0.2) is 0 Å². The lowest BCUT2D eigenvalue weighted by molar-refractivity contribution is 0.167. The Hall–Kier alpha value is -1.26. The van der Waals surface area contributed by atoms with Crippen LogP contribution in [-0.2, 0) is 5.41 Å². The van der Waals surface area contributed by atoms with Gasteiger partial charge in [-0.15, -0.1) is 0 Å². The molecule has 1 saturated carbocycles. The molecule has 3 atom stereocenters. The van der Waals surface area contributed by atoms with Crippen molar-refractivity contribution in [2.45, 2.75) is 43.2 Å². The SMILES string of the molecule is COc1ccc([C@@]23CC[C@H](N)C[C@H]2N(C)CC3)cc1OC. The van der Waals surface area contributed by atoms with Crippen LogP contribution in [0.25, 0.3) is 0 Å². The van der Waals surface area contributed by atoms with E-state index in [0.29, 0.717) is 12.1 Å². The third-order valence-electron chi connectivity index (χ3n) is 5.53. The summed E-state index contributed by atoms with van der Waals surface area (Å²) < 4.78 is 10.9. The van der Waals surface area contributed by atoms with E-state index in [2.05, 4.69) is 24.1 Å². The van der Waals surface area contributed by atoms with Crippen LogP contribution < -0.4 is 15.2 Å². The van der Waals surface area contributed by atoms with Crippen molar-refractivity contribution in [3.05, 3.63) is 23.8 Å². The zero-order chi connectivity index (χ0) is 15.0. The van der Waals surface area contributed by atoms with Gasteiger partial charge in [-0.1, -0.05) is 6.07 Å². The van der Waals surface area contributed by atoms with E-state index >= 15 is 0 Å². The summed E-state index contributed by atoms with van der Waals surface area (Å²) in [6.45, 7) is 1.14. The number of hydrogen-bond acceptors (Lipinski definition) is 4. The van der Waals surface area contributed by atoms with Crippen LogP contribution >= 0.6 is 0 Å². The van der Waals surface area contributed by atoms with E-state index in [1.165, 1.54) is 18.4 Å². The fraction of sp³-hybridized carbons (Fsp3) is 0.647. The second-order valence-electron chi connectivity index (χ2n) is 6.51. The Kier molecular flexibility index (Phi) is 3.84. The van der Waals surface area contributed by atoms with Crippen LogP contribution in [0.5, 0.6) is 11.5 Å². The summed E-state index contributed by atoms with van der Waals surface area (Å²) in [6, 6.07) is 7.29. The topological polar surface area (TPSA) is 47.7 Å². The first-order valence-corrected chi connectivity index (χ1v) is 7.79. The molecule has 0 aromatic heterocycles. The van der Waals surface area contributed by atoms with Gasteiger partial charge in [-0.2, -0.15) is 0 Å². The van der Waals surface area contributed by atoms with Gasteiger partial charge < -0.3 is 20.1 Å². The summed E-state index contributed by atoms with van der Waals surface area (Å²) in [5.74, 6) is 1.63. The minimum atomic E-state index is 0.226. The highest BCUT2D eigenvalue weighted by molar-refractivity contribution is 5.46. The van der Waals surface area contributed by atoms with Crippen molar-refractivity contribution >= 4 is 0 Å². The largest absolute Gasteiger partial charge is 0.493 e. The number of benzene rings is 1. The normalized spacial score (nSPS) is 32.8. The van der Waals surface area contributed by atoms with Gasteiger partial charge in [0.2, 0.25) is 0 Å². The molecule has 1 aromatic rings. The molecule has 0 amide bonds. The predicted octanol–water partition coefficient (Wildman–Crippen LogP) is 2.16. The Morgan fingerprint density at radius 3 is 2.67 bits per heavy atom. The van der Waals surface area contributed by atoms with Gasteiger partial charge in [-0.05, 0) is 57.0 Å². The number of likely N-dealkylation sites (tertiary alicyclic amines) is 1. The second kappa shape index (κ2) is 5.50. The van der Waals surface area contributed by atoms with Crippen LogP contribution in [0.4, 0.5) is 0 Å². The van der Waals surface area contributed by atoms with Gasteiger partial charge in [0.25, 0.3) is 0 Å². The summed E-state index contributed by atoms with van der Waals surface area (Å²) in [5.41, 5.74) is 7.82. The lowest BCUT2D eigenvalue weighted by Crippen LogP contribution is -2.49. The van der Waals surface area contributed by atoms with Gasteiger partial charge in [0.05, 0.1) is 14.2 Å². The molecular weight excluding hydrogens is 264 g/mol. The van der Waals surface area contributed by atoms with Crippen LogP contribution in [0, 0.1) is 0 Å². The standard InChI is InChI=1S/C17H26N2O2/c1-19-9-8-17(7-6-13(18)11-16(17)19)12-4-5-14(20-2)15(10-12)21-3/h4-5,10,13,16H,6-9,11,18H2,1-3H3/t13-,16+,17-/m0/s1. The van der Waals surface area contributed by atoms with Crippen molar-refractivity contribution in [1.29, 1.82) is 0 Å². The summed E-state index contributed by atoms with van der Waals surface area (Å²) in [7, 11) is 5.61. The summed E-state index contributed by atoms with van der Waals surface area (Å²) in [5, 5.41) is 0. The number of rotatable bonds is 3. The Morgan fingerprint density at radius 1 is 1.19 bits per heavy atom. The van der Waals surface area contributed by atoms with Crippen molar-refractivity contribution in [2.75, 3.05) is 27.8 Å². The Bertz CT molecular complexity index is 520. The zero-order valence-electron chi connectivity index (χ0n) is 13.3. The first-order valence-electron chi connectivity index (χ1n) is 7.79. The minimum absolute atomic E-state index is 0.226. The van der Waals surface area contributed by atoms with E-state index in [1.807, 2.05) is 6.07 Å². The van der Waals surface area contributed by atoms with Crippen LogP contribution in [-0.4, -0.2) is 44.8 Å². The molecule has 0 unspecified atom stereocenters. The molecule has 116 valence electrons. The number of ether oxygens (including phenoxy) is 2. The van der Waals surface area contributed by atoms with Crippen molar-refractivity contribution in [3.63, 3.8) is 0 Å². The molecule has 1 aromatic carbocycles. The average molecular weight is 290 g/mol. The lowest BCUT2D eigenvalue weighted by Gasteiger charge is -2.44. The van der Waals surface area contributed by atoms with Crippen LogP contribution in [0.2, 0.25) is 0 Å². The number of hydrogen-bond donors (Lipinski definition) is 1. The second-order valence-corrected chi connectivity index (χ2v) is 6.51. The smallest absolute Gasteiger partial charge is 0.161 e. The van der Waals surface area contributed by atoms with Crippen molar-refractivity contribution < 1.29 is 9.47 Å². The summed E-state index contributed by atoms with van der Waals surface area (Å²) in [4.78, 5) is 2.48. The summed E-state index contributed by atoms with van der Waals surface area (Å²) in [6.07, 6.45) is 4.57. The summed E-state index contributed by atoms with van der Waals surface area (Å²) >= 11 is 0. The monoisotopic (exact) mass is 290 g/mol. The molecule has 3 rings (SSSR count). The fourth-order valence-corrected chi connectivity index (χ4v) is 4.29. The van der Waals surface area contributed by atoms with Crippen LogP contribution in [0.15, 0.2) is 18.2 Å². The van der Waals surface area contributed by atoms with E-state index in [9.17, 15) is 0 Å². The highest BCUT2D eigenvalue weighted by Gasteiger charge is 2.49. The molecule has 1 heterocycles. The first-order chi connectivity index (χ1) is 10.1. The quantitative estimate of drug-likeness (QED) is 0.926. The van der Waals surface area contributed by atoms with E-state index < -0.39 is 0 Å².